The van der Waals surface area contributed by atoms with E-state index in [1.165, 1.54) is 0 Å². The lowest BCUT2D eigenvalue weighted by molar-refractivity contribution is 1.33. The Labute approximate surface area is 60.0 Å². The highest BCUT2D eigenvalue weighted by molar-refractivity contribution is 6.68. The second-order valence-corrected chi connectivity index (χ2v) is 1.88. The second kappa shape index (κ2) is 4.27. The number of hydrogen-bond acceptors (Lipinski definition) is 2. The zero-order valence-corrected chi connectivity index (χ0v) is 6.31. The summed E-state index contributed by atoms with van der Waals surface area (Å²) in [4.78, 5) is 7.32. The van der Waals surface area contributed by atoms with E-state index < -0.39 is 0 Å². The molecule has 2 nitrogen and oxygen atoms in total. The fraction of sp³-hybridized carbons (Fsp3) is 0.333. The van der Waals surface area contributed by atoms with E-state index in [-0.39, 0.29) is 0 Å². The zero-order valence-electron chi connectivity index (χ0n) is 5.56. The van der Waals surface area contributed by atoms with Gasteiger partial charge in [0.2, 0.25) is 0 Å². The van der Waals surface area contributed by atoms with Crippen molar-refractivity contribution in [2.24, 2.45) is 9.98 Å². The average molecular weight is 145 g/mol. The maximum absolute atomic E-state index is 5.52. The fourth-order valence-electron chi connectivity index (χ4n) is 0.283. The summed E-state index contributed by atoms with van der Waals surface area (Å²) in [5, 5.41) is 0.444. The molecule has 0 unspecified atom stereocenters. The SMILES string of the molecule is C=N/C(C)=C\C(Cl)=NC. The lowest BCUT2D eigenvalue weighted by Gasteiger charge is -1.86. The Kier molecular flexibility index (Phi) is 3.97. The smallest absolute Gasteiger partial charge is 0.125 e. The first-order chi connectivity index (χ1) is 4.20. The number of aliphatic imine (C=N–C) groups is 2. The van der Waals surface area contributed by atoms with Crippen LogP contribution in [0.25, 0.3) is 0 Å². The van der Waals surface area contributed by atoms with Gasteiger partial charge in [0.1, 0.15) is 5.17 Å². The minimum atomic E-state index is 0.444. The molecule has 9 heavy (non-hydrogen) atoms. The molecule has 0 N–H and O–H groups in total. The fourth-order valence-corrected chi connectivity index (χ4v) is 0.440. The van der Waals surface area contributed by atoms with Gasteiger partial charge in [-0.05, 0) is 19.7 Å². The Bertz CT molecular complexity index is 158. The number of rotatable bonds is 2. The highest BCUT2D eigenvalue weighted by Crippen LogP contribution is 1.95. The first-order valence-corrected chi connectivity index (χ1v) is 2.85. The van der Waals surface area contributed by atoms with Crippen LogP contribution in [0.5, 0.6) is 0 Å². The van der Waals surface area contributed by atoms with Gasteiger partial charge in [0.05, 0.1) is 0 Å². The van der Waals surface area contributed by atoms with Crippen molar-refractivity contribution in [1.29, 1.82) is 0 Å². The van der Waals surface area contributed by atoms with Crippen LogP contribution in [0, 0.1) is 0 Å². The van der Waals surface area contributed by atoms with Crippen LogP contribution in [0.4, 0.5) is 0 Å². The van der Waals surface area contributed by atoms with E-state index in [9.17, 15) is 0 Å². The highest BCUT2D eigenvalue weighted by atomic mass is 35.5. The molecule has 0 aromatic carbocycles. The van der Waals surface area contributed by atoms with E-state index in [4.69, 9.17) is 11.6 Å². The summed E-state index contributed by atoms with van der Waals surface area (Å²) >= 11 is 5.52. The van der Waals surface area contributed by atoms with Crippen molar-refractivity contribution in [3.8, 4) is 0 Å². The van der Waals surface area contributed by atoms with Gasteiger partial charge in [-0.1, -0.05) is 11.6 Å². The first-order valence-electron chi connectivity index (χ1n) is 2.48. The van der Waals surface area contributed by atoms with Crippen LogP contribution in [-0.4, -0.2) is 18.9 Å². The van der Waals surface area contributed by atoms with Crippen molar-refractivity contribution in [2.75, 3.05) is 7.05 Å². The van der Waals surface area contributed by atoms with Crippen LogP contribution in [0.3, 0.4) is 0 Å². The van der Waals surface area contributed by atoms with Crippen molar-refractivity contribution in [2.45, 2.75) is 6.92 Å². The largest absolute Gasteiger partial charge is 0.276 e. The molecule has 0 aliphatic rings. The Morgan fingerprint density at radius 2 is 2.22 bits per heavy atom. The molecule has 3 heteroatoms. The molecular weight excluding hydrogens is 136 g/mol. The molecule has 0 amide bonds. The maximum Gasteiger partial charge on any atom is 0.125 e. The molecule has 0 aliphatic carbocycles. The summed E-state index contributed by atoms with van der Waals surface area (Å²) in [6.45, 7) is 5.12. The van der Waals surface area contributed by atoms with Crippen molar-refractivity contribution >= 4 is 23.5 Å². The molecule has 0 aromatic heterocycles. The van der Waals surface area contributed by atoms with Gasteiger partial charge >= 0.3 is 0 Å². The number of hydrogen-bond donors (Lipinski definition) is 0. The van der Waals surface area contributed by atoms with E-state index >= 15 is 0 Å². The van der Waals surface area contributed by atoms with Crippen molar-refractivity contribution < 1.29 is 0 Å². The van der Waals surface area contributed by atoms with Gasteiger partial charge in [-0.25, -0.2) is 0 Å². The van der Waals surface area contributed by atoms with Crippen LogP contribution < -0.4 is 0 Å². The first kappa shape index (κ1) is 8.37. The van der Waals surface area contributed by atoms with Gasteiger partial charge in [0, 0.05) is 12.7 Å². The van der Waals surface area contributed by atoms with Gasteiger partial charge in [-0.3, -0.25) is 9.98 Å². The van der Waals surface area contributed by atoms with Gasteiger partial charge in [0.15, 0.2) is 0 Å². The van der Waals surface area contributed by atoms with Crippen LogP contribution >= 0.6 is 11.6 Å². The summed E-state index contributed by atoms with van der Waals surface area (Å²) in [6.07, 6.45) is 1.65. The van der Waals surface area contributed by atoms with Crippen LogP contribution in [0.1, 0.15) is 6.92 Å². The molecule has 0 fully saturated rings. The van der Waals surface area contributed by atoms with Gasteiger partial charge < -0.3 is 0 Å². The van der Waals surface area contributed by atoms with Crippen LogP contribution in [0.15, 0.2) is 21.8 Å². The molecular formula is C6H9ClN2. The Morgan fingerprint density at radius 1 is 1.67 bits per heavy atom. The van der Waals surface area contributed by atoms with Crippen molar-refractivity contribution in [3.05, 3.63) is 11.8 Å². The average Bonchev–Trinajstić information content (AvgIpc) is 1.87. The monoisotopic (exact) mass is 144 g/mol. The number of nitrogens with zero attached hydrogens (tertiary/aromatic N) is 2. The predicted molar refractivity (Wildman–Crippen MR) is 42.5 cm³/mol. The topological polar surface area (TPSA) is 24.7 Å². The minimum absolute atomic E-state index is 0.444. The van der Waals surface area contributed by atoms with Crippen LogP contribution in [-0.2, 0) is 0 Å². The standard InChI is InChI=1S/C6H9ClN2/c1-5(8-2)4-6(7)9-3/h4H,2H2,1,3H3/b5-4-,9-6?. The summed E-state index contributed by atoms with van der Waals surface area (Å²) in [7, 11) is 1.62. The Morgan fingerprint density at radius 3 is 2.56 bits per heavy atom. The number of allylic oxidation sites excluding steroid dienone is 2. The van der Waals surface area contributed by atoms with E-state index in [2.05, 4.69) is 16.7 Å². The summed E-state index contributed by atoms with van der Waals surface area (Å²) in [5.74, 6) is 0. The third kappa shape index (κ3) is 3.91. The highest BCUT2D eigenvalue weighted by Gasteiger charge is 1.84. The summed E-state index contributed by atoms with van der Waals surface area (Å²) in [6, 6.07) is 0. The molecule has 0 heterocycles. The van der Waals surface area contributed by atoms with Crippen molar-refractivity contribution in [3.63, 3.8) is 0 Å². The molecule has 0 spiro atoms. The third-order valence-corrected chi connectivity index (χ3v) is 1.07. The molecule has 0 saturated heterocycles. The van der Waals surface area contributed by atoms with Crippen molar-refractivity contribution in [1.82, 2.24) is 0 Å². The lowest BCUT2D eigenvalue weighted by Crippen LogP contribution is -1.79. The van der Waals surface area contributed by atoms with Gasteiger partial charge in [-0.2, -0.15) is 0 Å². The number of halogens is 1. The minimum Gasteiger partial charge on any atom is -0.276 e. The molecule has 0 rings (SSSR count). The second-order valence-electron chi connectivity index (χ2n) is 1.49. The molecule has 0 atom stereocenters. The Balaban J connectivity index is 4.11. The zero-order chi connectivity index (χ0) is 7.28. The molecule has 0 aromatic rings. The van der Waals surface area contributed by atoms with E-state index in [1.807, 2.05) is 0 Å². The Hall–Kier alpha value is -0.630. The van der Waals surface area contributed by atoms with Crippen LogP contribution in [0.2, 0.25) is 0 Å². The molecule has 0 aliphatic heterocycles. The molecule has 50 valence electrons. The summed E-state index contributed by atoms with van der Waals surface area (Å²) < 4.78 is 0. The molecule has 0 saturated carbocycles. The normalized spacial score (nSPS) is 13.7. The maximum atomic E-state index is 5.52. The molecule has 0 bridgehead atoms. The third-order valence-electron chi connectivity index (χ3n) is 0.791. The van der Waals surface area contributed by atoms with E-state index in [0.29, 0.717) is 5.17 Å². The molecule has 0 radical (unpaired) electrons. The quantitative estimate of drug-likeness (QED) is 0.529. The van der Waals surface area contributed by atoms with Gasteiger partial charge in [-0.15, -0.1) is 0 Å². The van der Waals surface area contributed by atoms with E-state index in [1.54, 1.807) is 20.0 Å². The van der Waals surface area contributed by atoms with E-state index in [0.717, 1.165) is 5.70 Å². The summed E-state index contributed by atoms with van der Waals surface area (Å²) in [5.41, 5.74) is 0.769. The van der Waals surface area contributed by atoms with Gasteiger partial charge in [0.25, 0.3) is 0 Å². The lowest BCUT2D eigenvalue weighted by atomic mass is 10.5. The predicted octanol–water partition coefficient (Wildman–Crippen LogP) is 1.86.